The second-order valence-electron chi connectivity index (χ2n) is 7.71. The number of hydrogen-bond acceptors (Lipinski definition) is 1. The molecule has 0 bridgehead atoms. The van der Waals surface area contributed by atoms with E-state index in [9.17, 15) is 9.90 Å². The number of carboxylic acids is 1. The molecule has 1 fully saturated rings. The van der Waals surface area contributed by atoms with Crippen LogP contribution in [0.2, 0.25) is 0 Å². The summed E-state index contributed by atoms with van der Waals surface area (Å²) in [5, 5.41) is 9.31. The Hall–Kier alpha value is -0.530. The zero-order valence-corrected chi connectivity index (χ0v) is 12.0. The van der Waals surface area contributed by atoms with Crippen LogP contribution in [0, 0.1) is 22.7 Å². The third kappa shape index (κ3) is 4.69. The van der Waals surface area contributed by atoms with Crippen molar-refractivity contribution in [2.75, 3.05) is 0 Å². The largest absolute Gasteiger partial charge is 0.481 e. The van der Waals surface area contributed by atoms with Crippen LogP contribution in [0.3, 0.4) is 0 Å². The summed E-state index contributed by atoms with van der Waals surface area (Å²) in [6.07, 6.45) is 5.16. The van der Waals surface area contributed by atoms with E-state index in [4.69, 9.17) is 0 Å². The van der Waals surface area contributed by atoms with Gasteiger partial charge in [-0.25, -0.2) is 0 Å². The fourth-order valence-corrected chi connectivity index (χ4v) is 2.98. The van der Waals surface area contributed by atoms with E-state index in [-0.39, 0.29) is 5.92 Å². The Morgan fingerprint density at radius 3 is 2.41 bits per heavy atom. The van der Waals surface area contributed by atoms with Crippen LogP contribution in [0.25, 0.3) is 0 Å². The Balaban J connectivity index is 2.65. The summed E-state index contributed by atoms with van der Waals surface area (Å²) in [5.74, 6) is -0.319. The van der Waals surface area contributed by atoms with Crippen molar-refractivity contribution in [2.24, 2.45) is 22.7 Å². The lowest BCUT2D eigenvalue weighted by atomic mass is 9.65. The van der Waals surface area contributed by atoms with Crippen molar-refractivity contribution in [3.05, 3.63) is 0 Å². The molecule has 0 aromatic carbocycles. The number of aliphatic carboxylic acids is 1. The predicted molar refractivity (Wildman–Crippen MR) is 70.9 cm³/mol. The van der Waals surface area contributed by atoms with Crippen molar-refractivity contribution in [2.45, 2.75) is 66.7 Å². The molecule has 0 radical (unpaired) electrons. The van der Waals surface area contributed by atoms with Gasteiger partial charge in [0.05, 0.1) is 5.92 Å². The third-order valence-corrected chi connectivity index (χ3v) is 4.10. The topological polar surface area (TPSA) is 37.3 Å². The minimum atomic E-state index is -0.584. The van der Waals surface area contributed by atoms with Crippen LogP contribution in [-0.4, -0.2) is 11.1 Å². The SMILES string of the molecule is CC(C)(C)CCC1CC(C)(C)CCC1C(=O)O. The van der Waals surface area contributed by atoms with E-state index >= 15 is 0 Å². The van der Waals surface area contributed by atoms with Gasteiger partial charge in [-0.2, -0.15) is 0 Å². The molecule has 0 aromatic heterocycles. The molecule has 2 unspecified atom stereocenters. The van der Waals surface area contributed by atoms with Gasteiger partial charge < -0.3 is 5.11 Å². The summed E-state index contributed by atoms with van der Waals surface area (Å²) in [5.41, 5.74) is 0.638. The van der Waals surface area contributed by atoms with Crippen molar-refractivity contribution in [3.63, 3.8) is 0 Å². The molecule has 0 aliphatic heterocycles. The quantitative estimate of drug-likeness (QED) is 0.796. The van der Waals surface area contributed by atoms with Crippen LogP contribution in [0.5, 0.6) is 0 Å². The third-order valence-electron chi connectivity index (χ3n) is 4.10. The highest BCUT2D eigenvalue weighted by atomic mass is 16.4. The van der Waals surface area contributed by atoms with E-state index in [1.165, 1.54) is 0 Å². The van der Waals surface area contributed by atoms with Crippen molar-refractivity contribution in [1.82, 2.24) is 0 Å². The van der Waals surface area contributed by atoms with Crippen LogP contribution in [-0.2, 0) is 4.79 Å². The molecule has 2 nitrogen and oxygen atoms in total. The number of carbonyl (C=O) groups is 1. The summed E-state index contributed by atoms with van der Waals surface area (Å²) < 4.78 is 0. The maximum absolute atomic E-state index is 11.3. The van der Waals surface area contributed by atoms with Crippen molar-refractivity contribution in [3.8, 4) is 0 Å². The lowest BCUT2D eigenvalue weighted by Gasteiger charge is -2.40. The highest BCUT2D eigenvalue weighted by Gasteiger charge is 2.38. The molecule has 1 N–H and O–H groups in total. The van der Waals surface area contributed by atoms with Crippen molar-refractivity contribution < 1.29 is 9.90 Å². The van der Waals surface area contributed by atoms with Gasteiger partial charge in [-0.1, -0.05) is 34.6 Å². The fourth-order valence-electron chi connectivity index (χ4n) is 2.98. The van der Waals surface area contributed by atoms with Crippen LogP contribution in [0.15, 0.2) is 0 Å². The molecule has 2 heteroatoms. The first-order chi connectivity index (χ1) is 7.61. The Labute approximate surface area is 106 Å². The summed E-state index contributed by atoms with van der Waals surface area (Å²) in [7, 11) is 0. The molecule has 0 amide bonds. The minimum Gasteiger partial charge on any atom is -0.481 e. The Morgan fingerprint density at radius 2 is 1.94 bits per heavy atom. The van der Waals surface area contributed by atoms with E-state index in [2.05, 4.69) is 34.6 Å². The summed E-state index contributed by atoms with van der Waals surface area (Å²) >= 11 is 0. The zero-order valence-electron chi connectivity index (χ0n) is 12.0. The van der Waals surface area contributed by atoms with E-state index < -0.39 is 5.97 Å². The molecular formula is C15H28O2. The molecule has 2 atom stereocenters. The van der Waals surface area contributed by atoms with Gasteiger partial charge in [0.25, 0.3) is 0 Å². The molecule has 0 spiro atoms. The molecule has 1 aliphatic carbocycles. The number of hydrogen-bond donors (Lipinski definition) is 1. The molecule has 0 heterocycles. The molecule has 100 valence electrons. The molecular weight excluding hydrogens is 212 g/mol. The van der Waals surface area contributed by atoms with Crippen LogP contribution in [0.4, 0.5) is 0 Å². The monoisotopic (exact) mass is 240 g/mol. The van der Waals surface area contributed by atoms with Gasteiger partial charge in [0.2, 0.25) is 0 Å². The zero-order chi connectivity index (χ0) is 13.3. The highest BCUT2D eigenvalue weighted by Crippen LogP contribution is 2.44. The van der Waals surface area contributed by atoms with Crippen LogP contribution < -0.4 is 0 Å². The summed E-state index contributed by atoms with van der Waals surface area (Å²) in [6, 6.07) is 0. The average Bonchev–Trinajstić information content (AvgIpc) is 2.11. The molecule has 1 saturated carbocycles. The maximum atomic E-state index is 11.3. The number of rotatable bonds is 3. The van der Waals surface area contributed by atoms with E-state index in [1.807, 2.05) is 0 Å². The Kier molecular flexibility index (Phi) is 4.27. The van der Waals surface area contributed by atoms with Gasteiger partial charge in [0, 0.05) is 0 Å². The lowest BCUT2D eigenvalue weighted by molar-refractivity contribution is -0.146. The maximum Gasteiger partial charge on any atom is 0.306 e. The van der Waals surface area contributed by atoms with Crippen molar-refractivity contribution in [1.29, 1.82) is 0 Å². The lowest BCUT2D eigenvalue weighted by Crippen LogP contribution is -2.34. The van der Waals surface area contributed by atoms with E-state index in [0.29, 0.717) is 16.7 Å². The van der Waals surface area contributed by atoms with E-state index in [0.717, 1.165) is 32.1 Å². The van der Waals surface area contributed by atoms with Gasteiger partial charge in [0.15, 0.2) is 0 Å². The van der Waals surface area contributed by atoms with Gasteiger partial charge in [-0.15, -0.1) is 0 Å². The second kappa shape index (κ2) is 4.99. The Bertz CT molecular complexity index is 273. The molecule has 17 heavy (non-hydrogen) atoms. The first-order valence-corrected chi connectivity index (χ1v) is 6.84. The predicted octanol–water partition coefficient (Wildman–Crippen LogP) is 4.34. The van der Waals surface area contributed by atoms with E-state index in [1.54, 1.807) is 0 Å². The smallest absolute Gasteiger partial charge is 0.306 e. The molecule has 1 aliphatic rings. The van der Waals surface area contributed by atoms with Crippen LogP contribution >= 0.6 is 0 Å². The molecule has 1 rings (SSSR count). The van der Waals surface area contributed by atoms with Crippen LogP contribution in [0.1, 0.15) is 66.7 Å². The normalized spacial score (nSPS) is 29.0. The van der Waals surface area contributed by atoms with Gasteiger partial charge >= 0.3 is 5.97 Å². The first kappa shape index (κ1) is 14.5. The fraction of sp³-hybridized carbons (Fsp3) is 0.933. The van der Waals surface area contributed by atoms with Crippen molar-refractivity contribution >= 4 is 5.97 Å². The van der Waals surface area contributed by atoms with Gasteiger partial charge in [-0.3, -0.25) is 4.79 Å². The molecule has 0 aromatic rings. The summed E-state index contributed by atoms with van der Waals surface area (Å²) in [6.45, 7) is 11.2. The van der Waals surface area contributed by atoms with Gasteiger partial charge in [-0.05, 0) is 48.9 Å². The summed E-state index contributed by atoms with van der Waals surface area (Å²) in [4.78, 5) is 11.3. The second-order valence-corrected chi connectivity index (χ2v) is 7.71. The van der Waals surface area contributed by atoms with Gasteiger partial charge in [0.1, 0.15) is 0 Å². The minimum absolute atomic E-state index is 0.106. The molecule has 0 saturated heterocycles. The average molecular weight is 240 g/mol. The number of carboxylic acid groups (broad SMARTS) is 1. The highest BCUT2D eigenvalue weighted by molar-refractivity contribution is 5.70. The standard InChI is InChI=1S/C15H28O2/c1-14(2,3)8-6-11-10-15(4,5)9-7-12(11)13(16)17/h11-12H,6-10H2,1-5H3,(H,16,17). The first-order valence-electron chi connectivity index (χ1n) is 6.84. The Morgan fingerprint density at radius 1 is 1.35 bits per heavy atom.